The van der Waals surface area contributed by atoms with Gasteiger partial charge >= 0.3 is 0 Å². The number of rotatable bonds is 1. The fourth-order valence-corrected chi connectivity index (χ4v) is 13.6. The summed E-state index contributed by atoms with van der Waals surface area (Å²) in [5, 5.41) is 5.70. The third kappa shape index (κ3) is 27.0. The average Bonchev–Trinajstić information content (AvgIpc) is 4.10. The van der Waals surface area contributed by atoms with Crippen molar-refractivity contribution in [1.82, 2.24) is 0 Å². The number of nitrogens with zero attached hydrogens (tertiary/aromatic N) is 1. The van der Waals surface area contributed by atoms with Gasteiger partial charge in [0.1, 0.15) is 11.6 Å². The Hall–Kier alpha value is -3.00. The first-order valence-electron chi connectivity index (χ1n) is 29.5. The van der Waals surface area contributed by atoms with E-state index in [1.54, 1.807) is 12.1 Å². The summed E-state index contributed by atoms with van der Waals surface area (Å²) in [5.74, 6) is -0.628. The van der Waals surface area contributed by atoms with Crippen molar-refractivity contribution in [1.29, 1.82) is 0 Å². The second-order valence-corrected chi connectivity index (χ2v) is 33.1. The van der Waals surface area contributed by atoms with Crippen LogP contribution in [0.25, 0.3) is 0 Å². The lowest BCUT2D eigenvalue weighted by Crippen LogP contribution is -2.18. The van der Waals surface area contributed by atoms with Gasteiger partial charge in [-0.3, -0.25) is 0 Å². The molecule has 1 fully saturated rings. The molecule has 8 rings (SSSR count). The second-order valence-electron chi connectivity index (χ2n) is 29.0. The molecule has 0 saturated carbocycles. The molecule has 7 aromatic carbocycles. The Morgan fingerprint density at radius 1 is 0.345 bits per heavy atom. The van der Waals surface area contributed by atoms with Crippen molar-refractivity contribution >= 4 is 114 Å². The predicted octanol–water partition coefficient (Wildman–Crippen LogP) is 28.1. The topological polar surface area (TPSA) is 3.24 Å². The van der Waals surface area contributed by atoms with Crippen LogP contribution in [0.5, 0.6) is 0 Å². The van der Waals surface area contributed by atoms with Crippen LogP contribution in [-0.2, 0) is 37.9 Å². The molecule has 0 N–H and O–H groups in total. The van der Waals surface area contributed by atoms with Crippen LogP contribution < -0.4 is 4.90 Å². The lowest BCUT2D eigenvalue weighted by atomic mass is 9.84. The van der Waals surface area contributed by atoms with Crippen molar-refractivity contribution in [3.05, 3.63) is 234 Å². The molecule has 1 heterocycles. The van der Waals surface area contributed by atoms with Gasteiger partial charge in [-0.25, -0.2) is 8.78 Å². The van der Waals surface area contributed by atoms with Gasteiger partial charge in [-0.1, -0.05) is 321 Å². The standard InChI is InChI=1S/C14H20ClN.C11H15Cl.C10H12BrCl.C10H12Cl2.2C10H12ClF.C10H13Cl/c1-14(2,3)12-7-6-11(10-13(12)15)16-8-4-5-9-16;1-8-6-5-7-9(12)10(8)11(2,3)4;1-10(2,3)8-5-4-7(11)6-9(8)12;1-10(2,3)9-7(11)5-4-6-8(9)12;1-10(2,3)8-5-4-7(12)6-9(8)11;1-10(2,3)7-5-4-6-8(12)9(7)11;1-10(2,3)8-6-4-5-7-9(8)11/h6-7,10H,4-5,8-9H2,1-3H3;5-7H,1-4H3;4*4-6H,1-3H3;4-7H,1-3H3. The van der Waals surface area contributed by atoms with Gasteiger partial charge < -0.3 is 4.90 Å². The third-order valence-electron chi connectivity index (χ3n) is 13.8. The maximum Gasteiger partial charge on any atom is 0.142 e. The second kappa shape index (κ2) is 34.1. The molecule has 1 saturated heterocycles. The molecule has 478 valence electrons. The molecule has 87 heavy (non-hydrogen) atoms. The highest BCUT2D eigenvalue weighted by Gasteiger charge is 2.24. The molecule has 12 heteroatoms. The van der Waals surface area contributed by atoms with Gasteiger partial charge in [0.05, 0.1) is 5.02 Å². The Kier molecular flexibility index (Phi) is 31.4. The highest BCUT2D eigenvalue weighted by atomic mass is 79.9. The van der Waals surface area contributed by atoms with Crippen molar-refractivity contribution < 1.29 is 8.78 Å². The third-order valence-corrected chi connectivity index (χ3v) is 16.9. The molecule has 0 aliphatic carbocycles. The summed E-state index contributed by atoms with van der Waals surface area (Å²) in [6.07, 6.45) is 2.61. The number of halogens is 11. The summed E-state index contributed by atoms with van der Waals surface area (Å²) in [5.41, 5.74) is 10.7. The molecule has 0 spiro atoms. The number of aryl methyl sites for hydroxylation is 1. The molecule has 0 unspecified atom stereocenters. The normalized spacial score (nSPS) is 12.7. The number of benzene rings is 7. The fourth-order valence-electron chi connectivity index (χ4n) is 9.43. The summed E-state index contributed by atoms with van der Waals surface area (Å²) in [6.45, 7) is 49.0. The van der Waals surface area contributed by atoms with Crippen molar-refractivity contribution in [2.45, 2.75) is 203 Å². The monoisotopic (exact) mass is 1410 g/mol. The van der Waals surface area contributed by atoms with Crippen LogP contribution in [0, 0.1) is 18.6 Å². The highest BCUT2D eigenvalue weighted by Crippen LogP contribution is 2.38. The maximum absolute atomic E-state index is 13.0. The van der Waals surface area contributed by atoms with Gasteiger partial charge in [-0.2, -0.15) is 0 Å². The van der Waals surface area contributed by atoms with E-state index in [0.29, 0.717) is 5.02 Å². The Morgan fingerprint density at radius 2 is 0.701 bits per heavy atom. The van der Waals surface area contributed by atoms with Gasteiger partial charge in [0.2, 0.25) is 0 Å². The molecule has 7 aromatic rings. The molecular weight excluding hydrogens is 1320 g/mol. The zero-order valence-corrected chi connectivity index (χ0v) is 63.3. The van der Waals surface area contributed by atoms with Crippen LogP contribution >= 0.6 is 109 Å². The van der Waals surface area contributed by atoms with Crippen LogP contribution in [0.3, 0.4) is 0 Å². The lowest BCUT2D eigenvalue weighted by molar-refractivity contribution is 0.573. The number of anilines is 1. The van der Waals surface area contributed by atoms with E-state index >= 15 is 0 Å². The summed E-state index contributed by atoms with van der Waals surface area (Å²) in [7, 11) is 0. The van der Waals surface area contributed by atoms with Crippen LogP contribution in [0.1, 0.15) is 203 Å². The van der Waals surface area contributed by atoms with E-state index in [1.807, 2.05) is 108 Å². The van der Waals surface area contributed by atoms with Crippen molar-refractivity contribution in [3.63, 3.8) is 0 Å². The minimum atomic E-state index is -0.343. The van der Waals surface area contributed by atoms with Crippen molar-refractivity contribution in [2.75, 3.05) is 18.0 Å². The van der Waals surface area contributed by atoms with E-state index in [2.05, 4.69) is 168 Å². The van der Waals surface area contributed by atoms with Crippen molar-refractivity contribution in [2.24, 2.45) is 0 Å². The zero-order chi connectivity index (χ0) is 67.0. The van der Waals surface area contributed by atoms with Gasteiger partial charge in [0.15, 0.2) is 0 Å². The largest absolute Gasteiger partial charge is 0.371 e. The van der Waals surface area contributed by atoms with E-state index in [9.17, 15) is 8.78 Å². The summed E-state index contributed by atoms with van der Waals surface area (Å²) in [6, 6.07) is 41.6. The van der Waals surface area contributed by atoms with E-state index in [-0.39, 0.29) is 54.6 Å². The molecule has 1 nitrogen and oxygen atoms in total. The Morgan fingerprint density at radius 3 is 1.06 bits per heavy atom. The summed E-state index contributed by atoms with van der Waals surface area (Å²) >= 11 is 51.7. The van der Waals surface area contributed by atoms with Crippen LogP contribution in [0.2, 0.25) is 40.2 Å². The molecule has 0 bridgehead atoms. The molecule has 0 radical (unpaired) electrons. The van der Waals surface area contributed by atoms with E-state index < -0.39 is 0 Å². The summed E-state index contributed by atoms with van der Waals surface area (Å²) in [4.78, 5) is 2.42. The average molecular weight is 1410 g/mol. The smallest absolute Gasteiger partial charge is 0.142 e. The molecule has 1 aliphatic rings. The SMILES string of the molecule is CC(C)(C)c1c(Cl)cccc1Cl.CC(C)(C)c1ccc(Br)cc1Cl.CC(C)(C)c1ccc(F)cc1Cl.CC(C)(C)c1ccc(N2CCCC2)cc1Cl.CC(C)(C)c1cccc(F)c1Cl.CC(C)(C)c1ccccc1Cl.Cc1cccc(Cl)c1C(C)(C)C. The first-order chi connectivity index (χ1) is 39.6. The molecule has 1 aliphatic heterocycles. The van der Waals surface area contributed by atoms with E-state index in [4.69, 9.17) is 92.8 Å². The predicted molar refractivity (Wildman–Crippen MR) is 390 cm³/mol. The number of hydrogen-bond acceptors (Lipinski definition) is 1. The van der Waals surface area contributed by atoms with Crippen LogP contribution in [0.15, 0.2) is 138 Å². The lowest BCUT2D eigenvalue weighted by Gasteiger charge is -2.23. The number of hydrogen-bond donors (Lipinski definition) is 0. The van der Waals surface area contributed by atoms with Crippen LogP contribution in [0.4, 0.5) is 14.5 Å². The Bertz CT molecular complexity index is 3120. The van der Waals surface area contributed by atoms with Crippen molar-refractivity contribution in [3.8, 4) is 0 Å². The van der Waals surface area contributed by atoms with Gasteiger partial charge in [0.25, 0.3) is 0 Å². The molecule has 0 atom stereocenters. The van der Waals surface area contributed by atoms with E-state index in [1.165, 1.54) is 77.6 Å². The molecule has 0 aromatic heterocycles. The minimum absolute atomic E-state index is 0.00935. The van der Waals surface area contributed by atoms with Gasteiger partial charge in [-0.05, 0) is 169 Å². The summed E-state index contributed by atoms with van der Waals surface area (Å²) < 4.78 is 26.7. The van der Waals surface area contributed by atoms with Gasteiger partial charge in [0, 0.05) is 58.4 Å². The molecular formula is C75H96BrCl8F2N. The Balaban J connectivity index is 0.000000347. The maximum atomic E-state index is 13.0. The quantitative estimate of drug-likeness (QED) is 0.158. The fraction of sp³-hybridized carbons (Fsp3) is 0.440. The zero-order valence-electron chi connectivity index (χ0n) is 55.6. The van der Waals surface area contributed by atoms with Gasteiger partial charge in [-0.15, -0.1) is 0 Å². The first-order valence-corrected chi connectivity index (χ1v) is 33.3. The first kappa shape index (κ1) is 80.1. The van der Waals surface area contributed by atoms with E-state index in [0.717, 1.165) is 51.3 Å². The minimum Gasteiger partial charge on any atom is -0.371 e. The highest BCUT2D eigenvalue weighted by molar-refractivity contribution is 9.10. The Labute approximate surface area is 573 Å². The molecule has 0 amide bonds. The van der Waals surface area contributed by atoms with Crippen LogP contribution in [-0.4, -0.2) is 13.1 Å².